The van der Waals surface area contributed by atoms with Crippen molar-refractivity contribution in [3.05, 3.63) is 124 Å². The molecule has 3 N–H and O–H groups in total. The molecule has 258 valence electrons. The van der Waals surface area contributed by atoms with Crippen LogP contribution in [0.1, 0.15) is 43.4 Å². The lowest BCUT2D eigenvalue weighted by Crippen LogP contribution is -2.53. The summed E-state index contributed by atoms with van der Waals surface area (Å²) in [6.07, 6.45) is -1.73. The first kappa shape index (κ1) is 35.1. The Kier molecular flexibility index (Phi) is 11.1. The van der Waals surface area contributed by atoms with Gasteiger partial charge < -0.3 is 30.2 Å². The first-order valence-corrected chi connectivity index (χ1v) is 15.9. The molecule has 0 radical (unpaired) electrons. The molecule has 0 bridgehead atoms. The van der Waals surface area contributed by atoms with E-state index in [4.69, 9.17) is 14.2 Å². The Bertz CT molecular complexity index is 1830. The normalized spacial score (nSPS) is 12.9. The number of nitrogens with one attached hydrogen (secondary N) is 3. The van der Waals surface area contributed by atoms with Crippen molar-refractivity contribution in [1.82, 2.24) is 10.6 Å². The second-order valence-corrected chi connectivity index (χ2v) is 12.0. The Morgan fingerprint density at radius 2 is 1.36 bits per heavy atom. The average Bonchev–Trinajstić information content (AvgIpc) is 3.42. The highest BCUT2D eigenvalue weighted by Gasteiger charge is 2.31. The number of nitrogens with zero attached hydrogens (tertiary/aromatic N) is 1. The van der Waals surface area contributed by atoms with Crippen molar-refractivity contribution in [2.75, 3.05) is 11.9 Å². The molecule has 1 aliphatic rings. The van der Waals surface area contributed by atoms with Gasteiger partial charge in [0.25, 0.3) is 5.69 Å². The van der Waals surface area contributed by atoms with Crippen molar-refractivity contribution in [2.45, 2.75) is 45.4 Å². The van der Waals surface area contributed by atoms with Crippen LogP contribution in [0.5, 0.6) is 5.75 Å². The quantitative estimate of drug-likeness (QED) is 0.0669. The van der Waals surface area contributed by atoms with Crippen LogP contribution in [-0.4, -0.2) is 47.7 Å². The molecular weight excluding hydrogens is 644 g/mol. The highest BCUT2D eigenvalue weighted by Crippen LogP contribution is 2.44. The summed E-state index contributed by atoms with van der Waals surface area (Å²) in [6.45, 7) is 5.05. The van der Waals surface area contributed by atoms with Crippen molar-refractivity contribution in [1.29, 1.82) is 0 Å². The van der Waals surface area contributed by atoms with Gasteiger partial charge in [0.05, 0.1) is 4.92 Å². The number of alkyl carbamates (subject to hydrolysis) is 1. The lowest BCUT2D eigenvalue weighted by atomic mass is 9.98. The maximum Gasteiger partial charge on any atom is 0.514 e. The zero-order valence-electron chi connectivity index (χ0n) is 27.6. The van der Waals surface area contributed by atoms with Gasteiger partial charge in [0.1, 0.15) is 31.0 Å². The topological polar surface area (TPSA) is 175 Å². The number of non-ortho nitro benzene ring substituents is 1. The lowest BCUT2D eigenvalue weighted by Gasteiger charge is -2.24. The van der Waals surface area contributed by atoms with Crippen molar-refractivity contribution in [2.24, 2.45) is 5.92 Å². The van der Waals surface area contributed by atoms with E-state index in [0.29, 0.717) is 11.3 Å². The minimum atomic E-state index is -0.992. The fourth-order valence-corrected chi connectivity index (χ4v) is 5.51. The van der Waals surface area contributed by atoms with E-state index in [0.717, 1.165) is 22.3 Å². The number of amides is 3. The molecule has 2 unspecified atom stereocenters. The van der Waals surface area contributed by atoms with Gasteiger partial charge in [-0.05, 0) is 64.9 Å². The largest absolute Gasteiger partial charge is 0.514 e. The Morgan fingerprint density at radius 1 is 0.760 bits per heavy atom. The molecule has 0 aliphatic heterocycles. The summed E-state index contributed by atoms with van der Waals surface area (Å²) in [5.41, 5.74) is 5.25. The van der Waals surface area contributed by atoms with Crippen LogP contribution in [0.2, 0.25) is 0 Å². The van der Waals surface area contributed by atoms with Crippen LogP contribution in [0.15, 0.2) is 97.1 Å². The number of carbonyl (C=O) groups is 4. The summed E-state index contributed by atoms with van der Waals surface area (Å²) in [5, 5.41) is 18.8. The number of nitro groups is 1. The summed E-state index contributed by atoms with van der Waals surface area (Å²) in [4.78, 5) is 61.1. The van der Waals surface area contributed by atoms with E-state index in [-0.39, 0.29) is 36.5 Å². The van der Waals surface area contributed by atoms with E-state index >= 15 is 0 Å². The van der Waals surface area contributed by atoms with Gasteiger partial charge in [-0.25, -0.2) is 9.59 Å². The third kappa shape index (κ3) is 8.61. The first-order valence-electron chi connectivity index (χ1n) is 15.9. The molecule has 0 aromatic heterocycles. The summed E-state index contributed by atoms with van der Waals surface area (Å²) in [7, 11) is 0. The van der Waals surface area contributed by atoms with Crippen molar-refractivity contribution in [3.8, 4) is 16.9 Å². The van der Waals surface area contributed by atoms with Crippen LogP contribution in [0, 0.1) is 16.0 Å². The molecule has 0 saturated carbocycles. The maximum atomic E-state index is 13.2. The second-order valence-electron chi connectivity index (χ2n) is 12.0. The molecule has 0 fully saturated rings. The van der Waals surface area contributed by atoms with Crippen LogP contribution in [0.4, 0.5) is 21.0 Å². The molecule has 1 aliphatic carbocycles. The first-order chi connectivity index (χ1) is 24.0. The summed E-state index contributed by atoms with van der Waals surface area (Å²) < 4.78 is 15.7. The van der Waals surface area contributed by atoms with Crippen LogP contribution < -0.4 is 20.7 Å². The van der Waals surface area contributed by atoms with Crippen molar-refractivity contribution in [3.63, 3.8) is 0 Å². The van der Waals surface area contributed by atoms with Gasteiger partial charge in [0.2, 0.25) is 11.8 Å². The number of anilines is 1. The predicted molar refractivity (Wildman–Crippen MR) is 183 cm³/mol. The molecule has 5 rings (SSSR count). The SMILES string of the molecule is CC(NC(=O)C(NC(=O)OCC1c2ccccc2-c2ccccc21)C(C)C)C(=O)Nc1ccc(COC(=O)Oc2ccc([N+](=O)[O-])cc2)cc1. The van der Waals surface area contributed by atoms with Gasteiger partial charge in [-0.3, -0.25) is 19.7 Å². The molecule has 4 aromatic carbocycles. The summed E-state index contributed by atoms with van der Waals surface area (Å²) in [6, 6.07) is 25.5. The highest BCUT2D eigenvalue weighted by molar-refractivity contribution is 5.98. The van der Waals surface area contributed by atoms with E-state index < -0.39 is 41.1 Å². The molecule has 13 nitrogen and oxygen atoms in total. The third-order valence-corrected chi connectivity index (χ3v) is 8.15. The highest BCUT2D eigenvalue weighted by atomic mass is 16.7. The van der Waals surface area contributed by atoms with Crippen LogP contribution in [0.3, 0.4) is 0 Å². The standard InChI is InChI=1S/C37H36N4O9/c1-22(2)33(40-36(44)48-21-32-30-10-6-4-8-28(30)29-9-5-7-11-31(29)32)35(43)38-23(3)34(42)39-25-14-12-24(13-15-25)20-49-37(45)50-27-18-16-26(17-19-27)41(46)47/h4-19,22-23,32-33H,20-21H2,1-3H3,(H,38,43)(H,39,42)(H,40,44). The smallest absolute Gasteiger partial charge is 0.449 e. The molecule has 3 amide bonds. The van der Waals surface area contributed by atoms with Gasteiger partial charge in [0, 0.05) is 23.7 Å². The number of carbonyl (C=O) groups excluding carboxylic acids is 4. The minimum Gasteiger partial charge on any atom is -0.449 e. The van der Waals surface area contributed by atoms with Crippen LogP contribution >= 0.6 is 0 Å². The van der Waals surface area contributed by atoms with E-state index in [1.54, 1.807) is 38.1 Å². The van der Waals surface area contributed by atoms with Crippen molar-refractivity contribution < 1.29 is 38.3 Å². The predicted octanol–water partition coefficient (Wildman–Crippen LogP) is 6.32. The zero-order valence-corrected chi connectivity index (χ0v) is 27.6. The fraction of sp³-hybridized carbons (Fsp3) is 0.243. The molecule has 4 aromatic rings. The molecule has 0 spiro atoms. The Hall–Kier alpha value is -6.24. The number of nitro benzene ring substituents is 1. The Morgan fingerprint density at radius 3 is 1.94 bits per heavy atom. The second kappa shape index (κ2) is 15.8. The monoisotopic (exact) mass is 680 g/mol. The van der Waals surface area contributed by atoms with E-state index in [1.165, 1.54) is 31.2 Å². The number of hydrogen-bond donors (Lipinski definition) is 3. The van der Waals surface area contributed by atoms with E-state index in [9.17, 15) is 29.3 Å². The van der Waals surface area contributed by atoms with Gasteiger partial charge in [0.15, 0.2) is 0 Å². The number of hydrogen-bond acceptors (Lipinski definition) is 9. The number of fused-ring (bicyclic) bond motifs is 3. The summed E-state index contributed by atoms with van der Waals surface area (Å²) in [5.74, 6) is -1.36. The summed E-state index contributed by atoms with van der Waals surface area (Å²) >= 11 is 0. The molecular formula is C37H36N4O9. The molecule has 0 saturated heterocycles. The molecule has 2 atom stereocenters. The maximum absolute atomic E-state index is 13.2. The van der Waals surface area contributed by atoms with Crippen LogP contribution in [-0.2, 0) is 25.7 Å². The van der Waals surface area contributed by atoms with Gasteiger partial charge >= 0.3 is 12.2 Å². The molecule has 0 heterocycles. The van der Waals surface area contributed by atoms with Gasteiger partial charge in [-0.1, -0.05) is 74.5 Å². The third-order valence-electron chi connectivity index (χ3n) is 8.15. The van der Waals surface area contributed by atoms with Gasteiger partial charge in [-0.15, -0.1) is 0 Å². The molecule has 50 heavy (non-hydrogen) atoms. The number of benzene rings is 4. The Balaban J connectivity index is 1.07. The number of ether oxygens (including phenoxy) is 3. The van der Waals surface area contributed by atoms with E-state index in [1.807, 2.05) is 48.5 Å². The molecule has 13 heteroatoms. The van der Waals surface area contributed by atoms with Crippen molar-refractivity contribution >= 4 is 35.4 Å². The van der Waals surface area contributed by atoms with Crippen LogP contribution in [0.25, 0.3) is 11.1 Å². The Labute approximate surface area is 288 Å². The fourth-order valence-electron chi connectivity index (χ4n) is 5.51. The van der Waals surface area contributed by atoms with Gasteiger partial charge in [-0.2, -0.15) is 0 Å². The average molecular weight is 681 g/mol. The minimum absolute atomic E-state index is 0.0904. The lowest BCUT2D eigenvalue weighted by molar-refractivity contribution is -0.384. The number of rotatable bonds is 12. The van der Waals surface area contributed by atoms with E-state index in [2.05, 4.69) is 16.0 Å². The zero-order chi connectivity index (χ0) is 35.8.